The standard InChI is InChI=1S/C24H24N2O3S2/c1-2-28-20-12-6-13-21-23(20)25-24(31-21)26(17-18-9-7-15-29-18)22(27)14-8-16-30-19-10-4-3-5-11-19/h3-7,9-13,15H,2,8,14,16-17H2,1H3. The first kappa shape index (κ1) is 21.5. The molecule has 2 heterocycles. The van der Waals surface area contributed by atoms with Gasteiger partial charge in [-0.3, -0.25) is 9.69 Å². The van der Waals surface area contributed by atoms with Crippen molar-refractivity contribution in [3.8, 4) is 5.75 Å². The van der Waals surface area contributed by atoms with Crippen LogP contribution < -0.4 is 9.64 Å². The minimum atomic E-state index is 0.0436. The van der Waals surface area contributed by atoms with E-state index in [1.165, 1.54) is 16.2 Å². The number of carbonyl (C=O) groups excluding carboxylic acids is 1. The fourth-order valence-corrected chi connectivity index (χ4v) is 5.06. The number of para-hydroxylation sites is 1. The molecule has 0 spiro atoms. The number of thioether (sulfide) groups is 1. The lowest BCUT2D eigenvalue weighted by atomic mass is 10.3. The monoisotopic (exact) mass is 452 g/mol. The summed E-state index contributed by atoms with van der Waals surface area (Å²) in [5.74, 6) is 2.41. The molecule has 2 aromatic carbocycles. The number of thiazole rings is 1. The second kappa shape index (κ2) is 10.5. The van der Waals surface area contributed by atoms with E-state index >= 15 is 0 Å². The van der Waals surface area contributed by atoms with Crippen molar-refractivity contribution in [3.63, 3.8) is 0 Å². The topological polar surface area (TPSA) is 55.6 Å². The molecule has 2 aromatic heterocycles. The molecule has 31 heavy (non-hydrogen) atoms. The van der Waals surface area contributed by atoms with Gasteiger partial charge >= 0.3 is 0 Å². The molecule has 0 aliphatic heterocycles. The molecule has 0 atom stereocenters. The summed E-state index contributed by atoms with van der Waals surface area (Å²) in [4.78, 5) is 20.9. The number of fused-ring (bicyclic) bond motifs is 1. The van der Waals surface area contributed by atoms with E-state index < -0.39 is 0 Å². The molecular weight excluding hydrogens is 428 g/mol. The van der Waals surface area contributed by atoms with Crippen LogP contribution in [-0.2, 0) is 11.3 Å². The highest BCUT2D eigenvalue weighted by Gasteiger charge is 2.22. The zero-order chi connectivity index (χ0) is 21.5. The van der Waals surface area contributed by atoms with Gasteiger partial charge in [0, 0.05) is 11.3 Å². The van der Waals surface area contributed by atoms with Crippen LogP contribution in [0, 0.1) is 0 Å². The number of hydrogen-bond donors (Lipinski definition) is 0. The Hall–Kier alpha value is -2.77. The average Bonchev–Trinajstić information content (AvgIpc) is 3.46. The fourth-order valence-electron chi connectivity index (χ4n) is 3.18. The van der Waals surface area contributed by atoms with Crippen molar-refractivity contribution in [1.29, 1.82) is 0 Å². The lowest BCUT2D eigenvalue weighted by Gasteiger charge is -2.18. The van der Waals surface area contributed by atoms with Gasteiger partial charge in [-0.1, -0.05) is 35.6 Å². The van der Waals surface area contributed by atoms with E-state index in [0.29, 0.717) is 24.7 Å². The maximum absolute atomic E-state index is 13.2. The number of ether oxygens (including phenoxy) is 1. The third kappa shape index (κ3) is 5.48. The summed E-state index contributed by atoms with van der Waals surface area (Å²) in [5, 5.41) is 0.666. The van der Waals surface area contributed by atoms with Crippen molar-refractivity contribution < 1.29 is 13.9 Å². The molecule has 7 heteroatoms. The number of rotatable bonds is 10. The average molecular weight is 453 g/mol. The first-order valence-electron chi connectivity index (χ1n) is 10.3. The number of benzene rings is 2. The molecule has 0 aliphatic carbocycles. The van der Waals surface area contributed by atoms with E-state index in [1.807, 2.05) is 55.5 Å². The van der Waals surface area contributed by atoms with E-state index in [-0.39, 0.29) is 5.91 Å². The molecule has 0 aliphatic rings. The van der Waals surface area contributed by atoms with Gasteiger partial charge in [0.25, 0.3) is 0 Å². The van der Waals surface area contributed by atoms with Crippen LogP contribution in [0.25, 0.3) is 10.2 Å². The van der Waals surface area contributed by atoms with Crippen molar-refractivity contribution in [2.24, 2.45) is 0 Å². The van der Waals surface area contributed by atoms with Gasteiger partial charge in [-0.05, 0) is 55.5 Å². The van der Waals surface area contributed by atoms with Crippen LogP contribution in [0.5, 0.6) is 5.75 Å². The molecule has 0 bridgehead atoms. The number of carbonyl (C=O) groups is 1. The molecule has 0 saturated heterocycles. The lowest BCUT2D eigenvalue weighted by molar-refractivity contribution is -0.118. The quantitative estimate of drug-likeness (QED) is 0.206. The number of hydrogen-bond acceptors (Lipinski definition) is 6. The van der Waals surface area contributed by atoms with Crippen molar-refractivity contribution in [2.75, 3.05) is 17.3 Å². The minimum Gasteiger partial charge on any atom is -0.492 e. The van der Waals surface area contributed by atoms with E-state index in [2.05, 4.69) is 12.1 Å². The van der Waals surface area contributed by atoms with Crippen molar-refractivity contribution in [2.45, 2.75) is 31.2 Å². The second-order valence-corrected chi connectivity index (χ2v) is 9.03. The smallest absolute Gasteiger partial charge is 0.229 e. The summed E-state index contributed by atoms with van der Waals surface area (Å²) in [5.41, 5.74) is 0.793. The Labute approximate surface area is 190 Å². The van der Waals surface area contributed by atoms with Gasteiger partial charge < -0.3 is 9.15 Å². The van der Waals surface area contributed by atoms with Gasteiger partial charge in [-0.2, -0.15) is 0 Å². The lowest BCUT2D eigenvalue weighted by Crippen LogP contribution is -2.30. The highest BCUT2D eigenvalue weighted by molar-refractivity contribution is 7.99. The van der Waals surface area contributed by atoms with Crippen LogP contribution in [0.2, 0.25) is 0 Å². The second-order valence-electron chi connectivity index (χ2n) is 6.86. The van der Waals surface area contributed by atoms with Gasteiger partial charge in [0.1, 0.15) is 17.0 Å². The minimum absolute atomic E-state index is 0.0436. The Morgan fingerprint density at radius 2 is 2.00 bits per heavy atom. The van der Waals surface area contributed by atoms with E-state index in [0.717, 1.165) is 33.9 Å². The third-order valence-electron chi connectivity index (χ3n) is 4.64. The maximum Gasteiger partial charge on any atom is 0.229 e. The molecular formula is C24H24N2O3S2. The van der Waals surface area contributed by atoms with Crippen molar-refractivity contribution in [1.82, 2.24) is 4.98 Å². The van der Waals surface area contributed by atoms with Crippen LogP contribution >= 0.6 is 23.1 Å². The van der Waals surface area contributed by atoms with E-state index in [1.54, 1.807) is 22.9 Å². The molecule has 0 unspecified atom stereocenters. The summed E-state index contributed by atoms with van der Waals surface area (Å²) in [7, 11) is 0. The molecule has 4 rings (SSSR count). The zero-order valence-corrected chi connectivity index (χ0v) is 19.0. The Morgan fingerprint density at radius 1 is 1.13 bits per heavy atom. The van der Waals surface area contributed by atoms with Crippen LogP contribution in [0.15, 0.2) is 76.2 Å². The number of anilines is 1. The zero-order valence-electron chi connectivity index (χ0n) is 17.3. The van der Waals surface area contributed by atoms with Gasteiger partial charge in [0.05, 0.1) is 24.1 Å². The highest BCUT2D eigenvalue weighted by Crippen LogP contribution is 2.35. The Bertz CT molecular complexity index is 1110. The first-order valence-corrected chi connectivity index (χ1v) is 12.1. The van der Waals surface area contributed by atoms with Crippen molar-refractivity contribution in [3.05, 3.63) is 72.7 Å². The molecule has 160 valence electrons. The maximum atomic E-state index is 13.2. The number of nitrogens with zero attached hydrogens (tertiary/aromatic N) is 2. The summed E-state index contributed by atoms with van der Waals surface area (Å²) < 4.78 is 12.2. The van der Waals surface area contributed by atoms with Crippen LogP contribution in [0.3, 0.4) is 0 Å². The van der Waals surface area contributed by atoms with Crippen LogP contribution in [0.1, 0.15) is 25.5 Å². The first-order chi connectivity index (χ1) is 15.2. The predicted molar refractivity (Wildman–Crippen MR) is 127 cm³/mol. The molecule has 0 radical (unpaired) electrons. The Balaban J connectivity index is 1.49. The van der Waals surface area contributed by atoms with Crippen LogP contribution in [-0.4, -0.2) is 23.3 Å². The summed E-state index contributed by atoms with van der Waals surface area (Å²) in [6, 6.07) is 19.8. The Kier molecular flexibility index (Phi) is 7.27. The predicted octanol–water partition coefficient (Wildman–Crippen LogP) is 6.39. The molecule has 5 nitrogen and oxygen atoms in total. The molecule has 0 saturated carbocycles. The van der Waals surface area contributed by atoms with E-state index in [4.69, 9.17) is 14.1 Å². The van der Waals surface area contributed by atoms with E-state index in [9.17, 15) is 4.79 Å². The highest BCUT2D eigenvalue weighted by atomic mass is 32.2. The summed E-state index contributed by atoms with van der Waals surface area (Å²) in [6.07, 6.45) is 2.87. The largest absolute Gasteiger partial charge is 0.492 e. The van der Waals surface area contributed by atoms with Crippen LogP contribution in [0.4, 0.5) is 5.13 Å². The van der Waals surface area contributed by atoms with Gasteiger partial charge in [-0.15, -0.1) is 11.8 Å². The normalized spacial score (nSPS) is 11.0. The SMILES string of the molecule is CCOc1cccc2sc(N(Cc3ccco3)C(=O)CCCSc3ccccc3)nc12. The third-order valence-corrected chi connectivity index (χ3v) is 6.79. The molecule has 0 N–H and O–H groups in total. The molecule has 0 fully saturated rings. The molecule has 4 aromatic rings. The number of aromatic nitrogens is 1. The summed E-state index contributed by atoms with van der Waals surface area (Å²) >= 11 is 3.27. The fraction of sp³-hybridized carbons (Fsp3) is 0.250. The molecule has 1 amide bonds. The number of furan rings is 1. The number of amides is 1. The van der Waals surface area contributed by atoms with Gasteiger partial charge in [0.2, 0.25) is 5.91 Å². The summed E-state index contributed by atoms with van der Waals surface area (Å²) in [6.45, 7) is 2.88. The van der Waals surface area contributed by atoms with Gasteiger partial charge in [0.15, 0.2) is 5.13 Å². The van der Waals surface area contributed by atoms with Gasteiger partial charge in [-0.25, -0.2) is 4.98 Å². The Morgan fingerprint density at radius 3 is 2.77 bits per heavy atom. The van der Waals surface area contributed by atoms with Crippen molar-refractivity contribution >= 4 is 44.4 Å².